The molecule has 0 radical (unpaired) electrons. The average Bonchev–Trinajstić information content (AvgIpc) is 2.53. The van der Waals surface area contributed by atoms with E-state index in [1.54, 1.807) is 0 Å². The molecule has 4 nitrogen and oxygen atoms in total. The first-order valence-corrected chi connectivity index (χ1v) is 7.41. The zero-order valence-corrected chi connectivity index (χ0v) is 14.4. The molecule has 2 aromatic rings. The Morgan fingerprint density at radius 3 is 2.17 bits per heavy atom. The van der Waals surface area contributed by atoms with E-state index in [0.29, 0.717) is 6.54 Å². The summed E-state index contributed by atoms with van der Waals surface area (Å²) < 4.78 is 0. The Labute approximate surface area is 144 Å². The number of carbonyl (C=O) groups excluding carboxylic acids is 1. The molecule has 2 N–H and O–H groups in total. The highest BCUT2D eigenvalue weighted by Crippen LogP contribution is 2.06. The Kier molecular flexibility index (Phi) is 8.16. The van der Waals surface area contributed by atoms with Crippen molar-refractivity contribution in [3.05, 3.63) is 65.7 Å². The summed E-state index contributed by atoms with van der Waals surface area (Å²) in [7, 11) is 4.10. The van der Waals surface area contributed by atoms with Gasteiger partial charge in [-0.25, -0.2) is 0 Å². The van der Waals surface area contributed by atoms with Crippen LogP contribution in [0.25, 0.3) is 0 Å². The lowest BCUT2D eigenvalue weighted by Gasteiger charge is -2.11. The van der Waals surface area contributed by atoms with Gasteiger partial charge < -0.3 is 15.5 Å². The third-order valence-corrected chi connectivity index (χ3v) is 3.24. The van der Waals surface area contributed by atoms with Gasteiger partial charge in [-0.15, -0.1) is 12.4 Å². The molecule has 0 spiro atoms. The summed E-state index contributed by atoms with van der Waals surface area (Å²) in [6.45, 7) is 1.76. The number of rotatable bonds is 7. The van der Waals surface area contributed by atoms with Gasteiger partial charge in [-0.3, -0.25) is 4.79 Å². The van der Waals surface area contributed by atoms with E-state index in [9.17, 15) is 4.79 Å². The van der Waals surface area contributed by atoms with E-state index in [1.165, 1.54) is 5.56 Å². The van der Waals surface area contributed by atoms with Gasteiger partial charge in [0, 0.05) is 18.8 Å². The summed E-state index contributed by atoms with van der Waals surface area (Å²) in [5.41, 5.74) is 3.33. The average molecular weight is 334 g/mol. The zero-order chi connectivity index (χ0) is 15.8. The Bertz CT molecular complexity index is 585. The summed E-state index contributed by atoms with van der Waals surface area (Å²) in [4.78, 5) is 14.0. The zero-order valence-electron chi connectivity index (χ0n) is 13.6. The fourth-order valence-corrected chi connectivity index (χ4v) is 2.13. The van der Waals surface area contributed by atoms with Crippen LogP contribution in [0, 0.1) is 0 Å². The number of carbonyl (C=O) groups is 1. The van der Waals surface area contributed by atoms with E-state index in [2.05, 4.69) is 39.8 Å². The van der Waals surface area contributed by atoms with Gasteiger partial charge >= 0.3 is 0 Å². The first-order valence-electron chi connectivity index (χ1n) is 7.41. The number of nitrogens with zero attached hydrogens (tertiary/aromatic N) is 1. The number of benzene rings is 2. The van der Waals surface area contributed by atoms with Crippen LogP contribution in [-0.4, -0.2) is 31.4 Å². The predicted octanol–water partition coefficient (Wildman–Crippen LogP) is 2.90. The number of nitrogens with one attached hydrogen (secondary N) is 2. The molecule has 23 heavy (non-hydrogen) atoms. The summed E-state index contributed by atoms with van der Waals surface area (Å²) in [5.74, 6) is -0.0128. The van der Waals surface area contributed by atoms with Crippen molar-refractivity contribution in [2.45, 2.75) is 13.1 Å². The second-order valence-electron chi connectivity index (χ2n) is 5.55. The van der Waals surface area contributed by atoms with Crippen molar-refractivity contribution in [2.75, 3.05) is 26.0 Å². The molecule has 124 valence electrons. The molecule has 5 heteroatoms. The number of para-hydroxylation sites is 1. The predicted molar refractivity (Wildman–Crippen MR) is 97.9 cm³/mol. The maximum Gasteiger partial charge on any atom is 0.239 e. The first-order chi connectivity index (χ1) is 10.6. The topological polar surface area (TPSA) is 44.4 Å². The van der Waals surface area contributed by atoms with Gasteiger partial charge in [-0.05, 0) is 37.4 Å². The second-order valence-corrected chi connectivity index (χ2v) is 5.55. The van der Waals surface area contributed by atoms with Crippen LogP contribution >= 0.6 is 12.4 Å². The second kappa shape index (κ2) is 9.87. The number of hydrogen-bond donors (Lipinski definition) is 2. The lowest BCUT2D eigenvalue weighted by molar-refractivity contribution is -0.119. The summed E-state index contributed by atoms with van der Waals surface area (Å²) in [6.07, 6.45) is 0. The summed E-state index contributed by atoms with van der Waals surface area (Å²) >= 11 is 0. The van der Waals surface area contributed by atoms with Crippen LogP contribution in [0.5, 0.6) is 0 Å². The SMILES string of the molecule is CN(C)Cc1ccc(CNC(=O)CNc2ccccc2)cc1.Cl. The van der Waals surface area contributed by atoms with Crippen molar-refractivity contribution in [2.24, 2.45) is 0 Å². The lowest BCUT2D eigenvalue weighted by atomic mass is 10.1. The van der Waals surface area contributed by atoms with Crippen molar-refractivity contribution in [3.8, 4) is 0 Å². The standard InChI is InChI=1S/C18H23N3O.ClH/c1-21(2)14-16-10-8-15(9-11-16)12-20-18(22)13-19-17-6-4-3-5-7-17;/h3-11,19H,12-14H2,1-2H3,(H,20,22);1H. The molecule has 0 bridgehead atoms. The van der Waals surface area contributed by atoms with E-state index in [1.807, 2.05) is 44.4 Å². The van der Waals surface area contributed by atoms with Crippen molar-refractivity contribution >= 4 is 24.0 Å². The van der Waals surface area contributed by atoms with Gasteiger partial charge in [-0.2, -0.15) is 0 Å². The molecule has 1 amide bonds. The molecule has 0 saturated carbocycles. The molecular weight excluding hydrogens is 310 g/mol. The molecule has 2 aromatic carbocycles. The maximum atomic E-state index is 11.8. The van der Waals surface area contributed by atoms with E-state index in [-0.39, 0.29) is 24.9 Å². The van der Waals surface area contributed by atoms with Gasteiger partial charge in [0.15, 0.2) is 0 Å². The van der Waals surface area contributed by atoms with Crippen LogP contribution in [0.15, 0.2) is 54.6 Å². The Hall–Kier alpha value is -2.04. The number of halogens is 1. The molecule has 0 aliphatic rings. The number of anilines is 1. The minimum absolute atomic E-state index is 0. The molecule has 0 atom stereocenters. The highest BCUT2D eigenvalue weighted by molar-refractivity contribution is 5.85. The molecule has 2 rings (SSSR count). The van der Waals surface area contributed by atoms with Crippen molar-refractivity contribution in [1.82, 2.24) is 10.2 Å². The van der Waals surface area contributed by atoms with Crippen LogP contribution in [-0.2, 0) is 17.9 Å². The monoisotopic (exact) mass is 333 g/mol. The Balaban J connectivity index is 0.00000264. The third-order valence-electron chi connectivity index (χ3n) is 3.24. The van der Waals surface area contributed by atoms with Gasteiger partial charge in [-0.1, -0.05) is 42.5 Å². The third kappa shape index (κ3) is 7.17. The highest BCUT2D eigenvalue weighted by Gasteiger charge is 2.02. The maximum absolute atomic E-state index is 11.8. The summed E-state index contributed by atoms with van der Waals surface area (Å²) in [5, 5.41) is 6.01. The highest BCUT2D eigenvalue weighted by atomic mass is 35.5. The minimum atomic E-state index is -0.0128. The number of hydrogen-bond acceptors (Lipinski definition) is 3. The van der Waals surface area contributed by atoms with Crippen molar-refractivity contribution in [3.63, 3.8) is 0 Å². The molecule has 0 fully saturated rings. The van der Waals surface area contributed by atoms with Crippen LogP contribution in [0.4, 0.5) is 5.69 Å². The van der Waals surface area contributed by atoms with Crippen molar-refractivity contribution < 1.29 is 4.79 Å². The first kappa shape index (κ1) is 19.0. The normalized spacial score (nSPS) is 10.0. The quantitative estimate of drug-likeness (QED) is 0.819. The van der Waals surface area contributed by atoms with Crippen LogP contribution in [0.3, 0.4) is 0 Å². The van der Waals surface area contributed by atoms with Gasteiger partial charge in [0.25, 0.3) is 0 Å². The van der Waals surface area contributed by atoms with Gasteiger partial charge in [0.2, 0.25) is 5.91 Å². The number of amides is 1. The molecular formula is C18H24ClN3O. The van der Waals surface area contributed by atoms with Crippen LogP contribution in [0.1, 0.15) is 11.1 Å². The largest absolute Gasteiger partial charge is 0.376 e. The van der Waals surface area contributed by atoms with E-state index in [4.69, 9.17) is 0 Å². The molecule has 0 heterocycles. The molecule has 0 unspecified atom stereocenters. The lowest BCUT2D eigenvalue weighted by Crippen LogP contribution is -2.29. The van der Waals surface area contributed by atoms with E-state index >= 15 is 0 Å². The molecule has 0 saturated heterocycles. The minimum Gasteiger partial charge on any atom is -0.376 e. The fraction of sp³-hybridized carbons (Fsp3) is 0.278. The van der Waals surface area contributed by atoms with E-state index < -0.39 is 0 Å². The fourth-order valence-electron chi connectivity index (χ4n) is 2.13. The van der Waals surface area contributed by atoms with Gasteiger partial charge in [0.1, 0.15) is 0 Å². The van der Waals surface area contributed by atoms with Crippen LogP contribution in [0.2, 0.25) is 0 Å². The van der Waals surface area contributed by atoms with E-state index in [0.717, 1.165) is 17.8 Å². The van der Waals surface area contributed by atoms with Crippen LogP contribution < -0.4 is 10.6 Å². The molecule has 0 aliphatic heterocycles. The Morgan fingerprint density at radius 1 is 0.957 bits per heavy atom. The van der Waals surface area contributed by atoms with Crippen molar-refractivity contribution in [1.29, 1.82) is 0 Å². The van der Waals surface area contributed by atoms with Gasteiger partial charge in [0.05, 0.1) is 6.54 Å². The molecule has 0 aromatic heterocycles. The smallest absolute Gasteiger partial charge is 0.239 e. The summed E-state index contributed by atoms with van der Waals surface area (Å²) in [6, 6.07) is 18.0. The Morgan fingerprint density at radius 2 is 1.57 bits per heavy atom. The molecule has 0 aliphatic carbocycles.